The van der Waals surface area contributed by atoms with Crippen LogP contribution in [0.3, 0.4) is 0 Å². The highest BCUT2D eigenvalue weighted by molar-refractivity contribution is 5.92. The Morgan fingerprint density at radius 2 is 1.82 bits per heavy atom. The monoisotopic (exact) mass is 399 g/mol. The van der Waals surface area contributed by atoms with Crippen molar-refractivity contribution in [2.24, 2.45) is 0 Å². The van der Waals surface area contributed by atoms with Gasteiger partial charge in [0.2, 0.25) is 0 Å². The number of rotatable bonds is 3. The standard InChI is InChI=1S/C22H25N3O2.ClH/c1-15-16(2)25(14-20-26-11-12-27-20)22-19(7-9-23-21(15)22)24-10-8-17-5-3-4-6-18(17)13-24;/h3-7,9,20H,8,10-14H2,1-2H3;1H. The number of hydrogen-bond acceptors (Lipinski definition) is 4. The van der Waals surface area contributed by atoms with Gasteiger partial charge in [-0.1, -0.05) is 24.3 Å². The fourth-order valence-electron chi connectivity index (χ4n) is 4.37. The highest BCUT2D eigenvalue weighted by atomic mass is 35.5. The number of hydrogen-bond donors (Lipinski definition) is 0. The SMILES string of the molecule is Cc1c(C)n(CC2OCCO2)c2c(N3CCc4ccccc4C3)ccnc12.Cl. The molecule has 0 spiro atoms. The van der Waals surface area contributed by atoms with E-state index in [1.165, 1.54) is 33.6 Å². The molecule has 5 rings (SSSR count). The minimum Gasteiger partial charge on any atom is -0.365 e. The van der Waals surface area contributed by atoms with Gasteiger partial charge in [-0.2, -0.15) is 0 Å². The lowest BCUT2D eigenvalue weighted by Crippen LogP contribution is -2.31. The Bertz CT molecular complexity index is 995. The Labute approximate surface area is 171 Å². The topological polar surface area (TPSA) is 39.5 Å². The Morgan fingerprint density at radius 1 is 1.07 bits per heavy atom. The van der Waals surface area contributed by atoms with Gasteiger partial charge in [0.1, 0.15) is 0 Å². The zero-order valence-electron chi connectivity index (χ0n) is 16.4. The zero-order valence-corrected chi connectivity index (χ0v) is 17.2. The summed E-state index contributed by atoms with van der Waals surface area (Å²) < 4.78 is 13.8. The summed E-state index contributed by atoms with van der Waals surface area (Å²) in [6.07, 6.45) is 2.85. The van der Waals surface area contributed by atoms with Crippen LogP contribution in [0.1, 0.15) is 22.4 Å². The predicted molar refractivity (Wildman–Crippen MR) is 113 cm³/mol. The Hall–Kier alpha value is -2.08. The molecule has 1 aromatic carbocycles. The Kier molecular flexibility index (Phi) is 5.32. The second-order valence-electron chi connectivity index (χ2n) is 7.46. The van der Waals surface area contributed by atoms with Crippen molar-refractivity contribution in [1.82, 2.24) is 9.55 Å². The number of pyridine rings is 1. The van der Waals surface area contributed by atoms with Crippen molar-refractivity contribution in [3.8, 4) is 0 Å². The quantitative estimate of drug-likeness (QED) is 0.667. The smallest absolute Gasteiger partial charge is 0.175 e. The zero-order chi connectivity index (χ0) is 18.4. The highest BCUT2D eigenvalue weighted by Gasteiger charge is 2.25. The van der Waals surface area contributed by atoms with Crippen LogP contribution in [-0.4, -0.2) is 35.6 Å². The number of nitrogens with zero attached hydrogens (tertiary/aromatic N) is 3. The van der Waals surface area contributed by atoms with Crippen molar-refractivity contribution in [3.63, 3.8) is 0 Å². The lowest BCUT2D eigenvalue weighted by molar-refractivity contribution is -0.0520. The number of anilines is 1. The van der Waals surface area contributed by atoms with Crippen molar-refractivity contribution in [2.45, 2.75) is 39.6 Å². The first kappa shape index (κ1) is 19.2. The maximum Gasteiger partial charge on any atom is 0.175 e. The van der Waals surface area contributed by atoms with E-state index in [2.05, 4.69) is 53.6 Å². The molecule has 5 nitrogen and oxygen atoms in total. The fourth-order valence-corrected chi connectivity index (χ4v) is 4.37. The van der Waals surface area contributed by atoms with E-state index in [1.807, 2.05) is 6.20 Å². The number of aryl methyl sites for hydroxylation is 1. The summed E-state index contributed by atoms with van der Waals surface area (Å²) in [5, 5.41) is 0. The first-order valence-electron chi connectivity index (χ1n) is 9.71. The summed E-state index contributed by atoms with van der Waals surface area (Å²) in [5.41, 5.74) is 8.90. The molecule has 0 bridgehead atoms. The van der Waals surface area contributed by atoms with E-state index in [9.17, 15) is 0 Å². The minimum absolute atomic E-state index is 0. The summed E-state index contributed by atoms with van der Waals surface area (Å²) in [5.74, 6) is 0. The van der Waals surface area contributed by atoms with Gasteiger partial charge in [-0.3, -0.25) is 4.98 Å². The number of aromatic nitrogens is 2. The van der Waals surface area contributed by atoms with Crippen molar-refractivity contribution < 1.29 is 9.47 Å². The molecule has 2 aliphatic rings. The number of halogens is 1. The molecule has 1 fully saturated rings. The van der Waals surface area contributed by atoms with Crippen LogP contribution in [-0.2, 0) is 29.0 Å². The second-order valence-corrected chi connectivity index (χ2v) is 7.46. The van der Waals surface area contributed by atoms with Crippen LogP contribution in [0.5, 0.6) is 0 Å². The van der Waals surface area contributed by atoms with Gasteiger partial charge in [0.05, 0.1) is 36.5 Å². The van der Waals surface area contributed by atoms with Crippen LogP contribution in [0.15, 0.2) is 36.5 Å². The average Bonchev–Trinajstić information content (AvgIpc) is 3.31. The molecule has 0 saturated carbocycles. The van der Waals surface area contributed by atoms with E-state index in [0.717, 1.165) is 25.0 Å². The van der Waals surface area contributed by atoms with Gasteiger partial charge in [0.25, 0.3) is 0 Å². The molecular weight excluding hydrogens is 374 g/mol. The van der Waals surface area contributed by atoms with E-state index < -0.39 is 0 Å². The maximum absolute atomic E-state index is 5.72. The Morgan fingerprint density at radius 3 is 2.61 bits per heavy atom. The van der Waals surface area contributed by atoms with Gasteiger partial charge >= 0.3 is 0 Å². The minimum atomic E-state index is -0.172. The molecule has 0 unspecified atom stereocenters. The van der Waals surface area contributed by atoms with Gasteiger partial charge in [-0.15, -0.1) is 12.4 Å². The third-order valence-corrected chi connectivity index (χ3v) is 5.97. The highest BCUT2D eigenvalue weighted by Crippen LogP contribution is 2.34. The van der Waals surface area contributed by atoms with Crippen LogP contribution in [0.4, 0.5) is 5.69 Å². The van der Waals surface area contributed by atoms with E-state index in [1.54, 1.807) is 0 Å². The molecule has 148 valence electrons. The number of fused-ring (bicyclic) bond motifs is 2. The maximum atomic E-state index is 5.72. The van der Waals surface area contributed by atoms with Gasteiger partial charge in [-0.05, 0) is 43.0 Å². The summed E-state index contributed by atoms with van der Waals surface area (Å²) in [6.45, 7) is 8.35. The van der Waals surface area contributed by atoms with Crippen LogP contribution in [0.2, 0.25) is 0 Å². The van der Waals surface area contributed by atoms with Crippen molar-refractivity contribution in [1.29, 1.82) is 0 Å². The van der Waals surface area contributed by atoms with Gasteiger partial charge in [-0.25, -0.2) is 0 Å². The van der Waals surface area contributed by atoms with Crippen LogP contribution >= 0.6 is 12.4 Å². The molecule has 0 amide bonds. The van der Waals surface area contributed by atoms with Crippen molar-refractivity contribution >= 4 is 29.1 Å². The molecule has 1 saturated heterocycles. The van der Waals surface area contributed by atoms with Crippen molar-refractivity contribution in [2.75, 3.05) is 24.7 Å². The molecule has 2 aromatic heterocycles. The van der Waals surface area contributed by atoms with Crippen LogP contribution in [0.25, 0.3) is 11.0 Å². The van der Waals surface area contributed by atoms with E-state index in [0.29, 0.717) is 19.8 Å². The summed E-state index contributed by atoms with van der Waals surface area (Å²) in [6, 6.07) is 10.9. The summed E-state index contributed by atoms with van der Waals surface area (Å²) >= 11 is 0. The second kappa shape index (κ2) is 7.74. The fraction of sp³-hybridized carbons (Fsp3) is 0.409. The molecule has 3 aromatic rings. The number of ether oxygens (including phenoxy) is 2. The Balaban J connectivity index is 0.00000192. The van der Waals surface area contributed by atoms with E-state index >= 15 is 0 Å². The third-order valence-electron chi connectivity index (χ3n) is 5.97. The van der Waals surface area contributed by atoms with Crippen LogP contribution < -0.4 is 4.90 Å². The first-order valence-corrected chi connectivity index (χ1v) is 9.71. The molecule has 0 aliphatic carbocycles. The first-order chi connectivity index (χ1) is 13.2. The molecule has 2 aliphatic heterocycles. The van der Waals surface area contributed by atoms with Gasteiger partial charge < -0.3 is 18.9 Å². The molecular formula is C22H26ClN3O2. The van der Waals surface area contributed by atoms with Gasteiger partial charge in [0, 0.05) is 25.0 Å². The van der Waals surface area contributed by atoms with E-state index in [4.69, 9.17) is 14.5 Å². The van der Waals surface area contributed by atoms with Crippen molar-refractivity contribution in [3.05, 3.63) is 58.9 Å². The molecule has 6 heteroatoms. The molecule has 0 N–H and O–H groups in total. The molecule has 0 atom stereocenters. The van der Waals surface area contributed by atoms with E-state index in [-0.39, 0.29) is 18.7 Å². The summed E-state index contributed by atoms with van der Waals surface area (Å²) in [7, 11) is 0. The number of benzene rings is 1. The molecule has 0 radical (unpaired) electrons. The average molecular weight is 400 g/mol. The normalized spacial score (nSPS) is 17.0. The summed E-state index contributed by atoms with van der Waals surface area (Å²) in [4.78, 5) is 7.19. The molecule has 28 heavy (non-hydrogen) atoms. The predicted octanol–water partition coefficient (Wildman–Crippen LogP) is 4.01. The van der Waals surface area contributed by atoms with Crippen LogP contribution in [0, 0.1) is 13.8 Å². The van der Waals surface area contributed by atoms with Gasteiger partial charge in [0.15, 0.2) is 6.29 Å². The molecule has 4 heterocycles. The third kappa shape index (κ3) is 3.17. The lowest BCUT2D eigenvalue weighted by atomic mass is 9.99. The largest absolute Gasteiger partial charge is 0.365 e. The lowest BCUT2D eigenvalue weighted by Gasteiger charge is -2.31.